The molecular formula is C13H22N2O3. The molecule has 0 aliphatic rings. The average molecular weight is 254 g/mol. The van der Waals surface area contributed by atoms with E-state index in [-0.39, 0.29) is 5.91 Å². The maximum atomic E-state index is 12.5. The Balaban J connectivity index is 2.87. The highest BCUT2D eigenvalue weighted by Crippen LogP contribution is 2.16. The van der Waals surface area contributed by atoms with Gasteiger partial charge >= 0.3 is 0 Å². The summed E-state index contributed by atoms with van der Waals surface area (Å²) < 4.78 is 10.1. The van der Waals surface area contributed by atoms with Crippen molar-refractivity contribution in [3.8, 4) is 0 Å². The van der Waals surface area contributed by atoms with Gasteiger partial charge in [0.25, 0.3) is 5.91 Å². The van der Waals surface area contributed by atoms with Crippen molar-refractivity contribution in [2.24, 2.45) is 5.92 Å². The molecule has 0 aliphatic carbocycles. The first kappa shape index (κ1) is 14.7. The number of aromatic nitrogens is 1. The SMILES string of the molecule is COCCN(CC(C)C)C(=O)c1c(C)noc1C. The molecule has 0 spiro atoms. The molecule has 0 saturated carbocycles. The van der Waals surface area contributed by atoms with E-state index in [0.717, 1.165) is 0 Å². The molecule has 1 heterocycles. The van der Waals surface area contributed by atoms with Crippen molar-refractivity contribution in [2.75, 3.05) is 26.8 Å². The van der Waals surface area contributed by atoms with E-state index in [1.807, 2.05) is 0 Å². The fraction of sp³-hybridized carbons (Fsp3) is 0.692. The Morgan fingerprint density at radius 1 is 1.44 bits per heavy atom. The third kappa shape index (κ3) is 3.57. The molecule has 5 nitrogen and oxygen atoms in total. The smallest absolute Gasteiger partial charge is 0.259 e. The first-order valence-electron chi connectivity index (χ1n) is 6.18. The largest absolute Gasteiger partial charge is 0.383 e. The van der Waals surface area contributed by atoms with Crippen molar-refractivity contribution in [3.63, 3.8) is 0 Å². The molecule has 18 heavy (non-hydrogen) atoms. The van der Waals surface area contributed by atoms with Crippen LogP contribution < -0.4 is 0 Å². The van der Waals surface area contributed by atoms with E-state index < -0.39 is 0 Å². The van der Waals surface area contributed by atoms with Gasteiger partial charge in [0, 0.05) is 20.2 Å². The predicted molar refractivity (Wildman–Crippen MR) is 68.6 cm³/mol. The highest BCUT2D eigenvalue weighted by Gasteiger charge is 2.23. The molecule has 1 amide bonds. The van der Waals surface area contributed by atoms with Gasteiger partial charge in [0.1, 0.15) is 11.3 Å². The van der Waals surface area contributed by atoms with Crippen molar-refractivity contribution >= 4 is 5.91 Å². The lowest BCUT2D eigenvalue weighted by Crippen LogP contribution is -2.37. The number of amides is 1. The van der Waals surface area contributed by atoms with E-state index in [2.05, 4.69) is 19.0 Å². The Morgan fingerprint density at radius 3 is 2.56 bits per heavy atom. The summed E-state index contributed by atoms with van der Waals surface area (Å²) >= 11 is 0. The van der Waals surface area contributed by atoms with E-state index in [9.17, 15) is 4.79 Å². The molecule has 102 valence electrons. The van der Waals surface area contributed by atoms with Crippen molar-refractivity contribution in [1.29, 1.82) is 0 Å². The summed E-state index contributed by atoms with van der Waals surface area (Å²) in [6, 6.07) is 0. The zero-order valence-electron chi connectivity index (χ0n) is 11.8. The average Bonchev–Trinajstić information content (AvgIpc) is 2.63. The molecule has 0 fully saturated rings. The monoisotopic (exact) mass is 254 g/mol. The molecule has 0 radical (unpaired) electrons. The molecule has 1 aromatic heterocycles. The van der Waals surface area contributed by atoms with Crippen LogP contribution in [0, 0.1) is 19.8 Å². The van der Waals surface area contributed by atoms with Crippen molar-refractivity contribution < 1.29 is 14.1 Å². The lowest BCUT2D eigenvalue weighted by molar-refractivity contribution is 0.0670. The third-order valence-corrected chi connectivity index (χ3v) is 2.69. The number of methoxy groups -OCH3 is 1. The molecule has 0 atom stereocenters. The number of carbonyl (C=O) groups excluding carboxylic acids is 1. The topological polar surface area (TPSA) is 55.6 Å². The van der Waals surface area contributed by atoms with Gasteiger partial charge in [-0.25, -0.2) is 0 Å². The molecule has 5 heteroatoms. The third-order valence-electron chi connectivity index (χ3n) is 2.69. The molecule has 0 aromatic carbocycles. The standard InChI is InChI=1S/C13H22N2O3/c1-9(2)8-15(6-7-17-5)13(16)12-10(3)14-18-11(12)4/h9H,6-8H2,1-5H3. The fourth-order valence-corrected chi connectivity index (χ4v) is 1.86. The van der Waals surface area contributed by atoms with Gasteiger partial charge in [-0.05, 0) is 19.8 Å². The molecule has 0 saturated heterocycles. The summed E-state index contributed by atoms with van der Waals surface area (Å²) in [7, 11) is 1.63. The highest BCUT2D eigenvalue weighted by atomic mass is 16.5. The normalized spacial score (nSPS) is 11.0. The minimum absolute atomic E-state index is 0.0306. The Bertz CT molecular complexity index is 379. The van der Waals surface area contributed by atoms with Crippen LogP contribution >= 0.6 is 0 Å². The van der Waals surface area contributed by atoms with Gasteiger partial charge in [-0.15, -0.1) is 0 Å². The first-order chi connectivity index (χ1) is 8.47. The second-order valence-electron chi connectivity index (χ2n) is 4.84. The van der Waals surface area contributed by atoms with Gasteiger partial charge in [-0.3, -0.25) is 4.79 Å². The van der Waals surface area contributed by atoms with Crippen LogP contribution in [-0.2, 0) is 4.74 Å². The lowest BCUT2D eigenvalue weighted by atomic mass is 10.1. The second kappa shape index (κ2) is 6.54. The predicted octanol–water partition coefficient (Wildman–Crippen LogP) is 2.04. The zero-order chi connectivity index (χ0) is 13.7. The molecule has 0 bridgehead atoms. The number of rotatable bonds is 6. The van der Waals surface area contributed by atoms with Crippen LogP contribution in [0.15, 0.2) is 4.52 Å². The van der Waals surface area contributed by atoms with E-state index in [1.165, 1.54) is 0 Å². The molecule has 1 aromatic rings. The van der Waals surface area contributed by atoms with Crippen LogP contribution in [0.5, 0.6) is 0 Å². The molecule has 0 N–H and O–H groups in total. The molecule has 0 unspecified atom stereocenters. The van der Waals surface area contributed by atoms with Crippen molar-refractivity contribution in [3.05, 3.63) is 17.0 Å². The Kier molecular flexibility index (Phi) is 5.34. The minimum Gasteiger partial charge on any atom is -0.383 e. The zero-order valence-corrected chi connectivity index (χ0v) is 11.8. The van der Waals surface area contributed by atoms with Crippen LogP contribution in [0.1, 0.15) is 35.7 Å². The van der Waals surface area contributed by atoms with Gasteiger partial charge in [-0.2, -0.15) is 0 Å². The van der Waals surface area contributed by atoms with Gasteiger partial charge in [-0.1, -0.05) is 19.0 Å². The number of hydrogen-bond donors (Lipinski definition) is 0. The Hall–Kier alpha value is -1.36. The van der Waals surface area contributed by atoms with Crippen LogP contribution in [0.4, 0.5) is 0 Å². The second-order valence-corrected chi connectivity index (χ2v) is 4.84. The first-order valence-corrected chi connectivity index (χ1v) is 6.18. The number of aryl methyl sites for hydroxylation is 2. The summed E-state index contributed by atoms with van der Waals surface area (Å²) in [5.41, 5.74) is 1.22. The van der Waals surface area contributed by atoms with Crippen LogP contribution in [-0.4, -0.2) is 42.8 Å². The highest BCUT2D eigenvalue weighted by molar-refractivity contribution is 5.96. The molecule has 0 aliphatic heterocycles. The van der Waals surface area contributed by atoms with E-state index in [1.54, 1.807) is 25.9 Å². The quantitative estimate of drug-likeness (QED) is 0.779. The van der Waals surface area contributed by atoms with Crippen LogP contribution in [0.25, 0.3) is 0 Å². The minimum atomic E-state index is -0.0306. The Labute approximate surface area is 108 Å². The molecular weight excluding hydrogens is 232 g/mol. The Morgan fingerprint density at radius 2 is 2.11 bits per heavy atom. The van der Waals surface area contributed by atoms with E-state index >= 15 is 0 Å². The van der Waals surface area contributed by atoms with Crippen molar-refractivity contribution in [1.82, 2.24) is 10.1 Å². The fourth-order valence-electron chi connectivity index (χ4n) is 1.86. The van der Waals surface area contributed by atoms with Crippen LogP contribution in [0.3, 0.4) is 0 Å². The van der Waals surface area contributed by atoms with Crippen molar-refractivity contribution in [2.45, 2.75) is 27.7 Å². The number of carbonyl (C=O) groups is 1. The summed E-state index contributed by atoms with van der Waals surface area (Å²) in [5, 5.41) is 3.83. The van der Waals surface area contributed by atoms with E-state index in [0.29, 0.717) is 42.6 Å². The van der Waals surface area contributed by atoms with Gasteiger partial charge in [0.15, 0.2) is 0 Å². The number of hydrogen-bond acceptors (Lipinski definition) is 4. The number of ether oxygens (including phenoxy) is 1. The van der Waals surface area contributed by atoms with Gasteiger partial charge in [0.05, 0.1) is 12.3 Å². The molecule has 1 rings (SSSR count). The summed E-state index contributed by atoms with van der Waals surface area (Å²) in [5.74, 6) is 0.951. The number of nitrogens with zero attached hydrogens (tertiary/aromatic N) is 2. The lowest BCUT2D eigenvalue weighted by Gasteiger charge is -2.24. The van der Waals surface area contributed by atoms with Crippen LogP contribution in [0.2, 0.25) is 0 Å². The van der Waals surface area contributed by atoms with Gasteiger partial charge < -0.3 is 14.2 Å². The van der Waals surface area contributed by atoms with Gasteiger partial charge in [0.2, 0.25) is 0 Å². The summed E-state index contributed by atoms with van der Waals surface area (Å²) in [4.78, 5) is 14.3. The summed E-state index contributed by atoms with van der Waals surface area (Å²) in [6.07, 6.45) is 0. The van der Waals surface area contributed by atoms with E-state index in [4.69, 9.17) is 9.26 Å². The maximum Gasteiger partial charge on any atom is 0.259 e. The maximum absolute atomic E-state index is 12.5. The summed E-state index contributed by atoms with van der Waals surface area (Å²) in [6.45, 7) is 9.53.